The number of hydrogen-bond acceptors (Lipinski definition) is 5. The minimum Gasteiger partial charge on any atom is -0.385 e. The highest BCUT2D eigenvalue weighted by molar-refractivity contribution is 7.16. The van der Waals surface area contributed by atoms with Gasteiger partial charge in [0.1, 0.15) is 0 Å². The molecule has 3 amide bonds. The van der Waals surface area contributed by atoms with E-state index >= 15 is 0 Å². The lowest BCUT2D eigenvalue weighted by Gasteiger charge is -2.16. The quantitative estimate of drug-likeness (QED) is 0.522. The van der Waals surface area contributed by atoms with Crippen molar-refractivity contribution in [3.63, 3.8) is 0 Å². The van der Waals surface area contributed by atoms with Crippen LogP contribution in [0.5, 0.6) is 0 Å². The number of fused-ring (bicyclic) bond motifs is 1. The Balaban J connectivity index is 1.75. The zero-order chi connectivity index (χ0) is 19.6. The van der Waals surface area contributed by atoms with Gasteiger partial charge < -0.3 is 9.64 Å². The second kappa shape index (κ2) is 8.21. The third kappa shape index (κ3) is 4.05. The standard InChI is InChI=1S/C19H19ClN2O4S/c1-21(11-13-5-7-16(20)27-13)17(23)12-4-6-14-15(10-12)19(25)22(18(14)24)8-3-9-26-2/h4-7,10H,3,8-9,11H2,1-2H3. The van der Waals surface area contributed by atoms with Gasteiger partial charge in [0.2, 0.25) is 0 Å². The van der Waals surface area contributed by atoms with Crippen LogP contribution in [-0.4, -0.2) is 54.8 Å². The fourth-order valence-electron chi connectivity index (χ4n) is 2.96. The average Bonchev–Trinajstić information content (AvgIpc) is 3.17. The molecule has 0 bridgehead atoms. The predicted octanol–water partition coefficient (Wildman–Crippen LogP) is 3.31. The first-order valence-electron chi connectivity index (χ1n) is 8.41. The molecule has 0 fully saturated rings. The molecule has 142 valence electrons. The molecule has 0 unspecified atom stereocenters. The number of benzene rings is 1. The van der Waals surface area contributed by atoms with Crippen molar-refractivity contribution >= 4 is 40.7 Å². The number of nitrogens with zero attached hydrogens (tertiary/aromatic N) is 2. The van der Waals surface area contributed by atoms with E-state index in [1.807, 2.05) is 6.07 Å². The third-order valence-electron chi connectivity index (χ3n) is 4.32. The number of carbonyl (C=O) groups is 3. The van der Waals surface area contributed by atoms with Crippen molar-refractivity contribution in [1.29, 1.82) is 0 Å². The molecule has 0 atom stereocenters. The number of amides is 3. The van der Waals surface area contributed by atoms with Crippen LogP contribution in [0.1, 0.15) is 42.4 Å². The number of ether oxygens (including phenoxy) is 1. The number of halogens is 1. The van der Waals surface area contributed by atoms with Gasteiger partial charge in [-0.3, -0.25) is 19.3 Å². The van der Waals surface area contributed by atoms with Crippen molar-refractivity contribution in [3.05, 3.63) is 56.2 Å². The lowest BCUT2D eigenvalue weighted by molar-refractivity contribution is 0.0638. The Morgan fingerprint density at radius 2 is 1.93 bits per heavy atom. The highest BCUT2D eigenvalue weighted by atomic mass is 35.5. The van der Waals surface area contributed by atoms with E-state index in [0.29, 0.717) is 41.6 Å². The Kier molecular flexibility index (Phi) is 5.94. The Morgan fingerprint density at radius 3 is 2.59 bits per heavy atom. The summed E-state index contributed by atoms with van der Waals surface area (Å²) in [6.07, 6.45) is 0.569. The summed E-state index contributed by atoms with van der Waals surface area (Å²) in [5.41, 5.74) is 0.983. The molecular formula is C19H19ClN2O4S. The summed E-state index contributed by atoms with van der Waals surface area (Å²) >= 11 is 7.34. The first kappa shape index (κ1) is 19.5. The molecule has 1 aromatic heterocycles. The van der Waals surface area contributed by atoms with Crippen molar-refractivity contribution < 1.29 is 19.1 Å². The van der Waals surface area contributed by atoms with Gasteiger partial charge in [-0.05, 0) is 36.8 Å². The Bertz CT molecular complexity index is 896. The van der Waals surface area contributed by atoms with Crippen molar-refractivity contribution in [1.82, 2.24) is 9.80 Å². The molecular weight excluding hydrogens is 388 g/mol. The fraction of sp³-hybridized carbons (Fsp3) is 0.316. The van der Waals surface area contributed by atoms with Gasteiger partial charge in [-0.1, -0.05) is 11.6 Å². The van der Waals surface area contributed by atoms with Gasteiger partial charge in [0.25, 0.3) is 17.7 Å². The van der Waals surface area contributed by atoms with E-state index in [1.165, 1.54) is 22.3 Å². The molecule has 0 N–H and O–H groups in total. The van der Waals surface area contributed by atoms with E-state index in [4.69, 9.17) is 16.3 Å². The van der Waals surface area contributed by atoms with Gasteiger partial charge in [-0.2, -0.15) is 0 Å². The van der Waals surface area contributed by atoms with E-state index < -0.39 is 0 Å². The summed E-state index contributed by atoms with van der Waals surface area (Å²) < 4.78 is 5.64. The van der Waals surface area contributed by atoms with Gasteiger partial charge in [0, 0.05) is 37.7 Å². The highest BCUT2D eigenvalue weighted by Gasteiger charge is 2.35. The molecule has 0 aliphatic carbocycles. The van der Waals surface area contributed by atoms with Crippen molar-refractivity contribution in [2.24, 2.45) is 0 Å². The zero-order valence-electron chi connectivity index (χ0n) is 15.0. The molecule has 2 heterocycles. The van der Waals surface area contributed by atoms with Crippen LogP contribution < -0.4 is 0 Å². The van der Waals surface area contributed by atoms with Gasteiger partial charge in [-0.25, -0.2) is 0 Å². The molecule has 3 rings (SSSR count). The Labute approximate surface area is 166 Å². The SMILES string of the molecule is COCCCN1C(=O)c2ccc(C(=O)N(C)Cc3ccc(Cl)s3)cc2C1=O. The van der Waals surface area contributed by atoms with E-state index in [9.17, 15) is 14.4 Å². The van der Waals surface area contributed by atoms with Gasteiger partial charge in [-0.15, -0.1) is 11.3 Å². The Hall–Kier alpha value is -2.22. The van der Waals surface area contributed by atoms with Crippen LogP contribution in [0.2, 0.25) is 4.34 Å². The smallest absolute Gasteiger partial charge is 0.261 e. The molecule has 1 aromatic carbocycles. The number of carbonyl (C=O) groups excluding carboxylic acids is 3. The maximum Gasteiger partial charge on any atom is 0.261 e. The van der Waals surface area contributed by atoms with E-state index in [-0.39, 0.29) is 23.3 Å². The topological polar surface area (TPSA) is 66.9 Å². The van der Waals surface area contributed by atoms with Crippen LogP contribution >= 0.6 is 22.9 Å². The first-order valence-corrected chi connectivity index (χ1v) is 9.60. The monoisotopic (exact) mass is 406 g/mol. The maximum atomic E-state index is 12.7. The lowest BCUT2D eigenvalue weighted by atomic mass is 10.0. The van der Waals surface area contributed by atoms with Crippen LogP contribution in [0.4, 0.5) is 0 Å². The number of methoxy groups -OCH3 is 1. The first-order chi connectivity index (χ1) is 12.9. The Morgan fingerprint density at radius 1 is 1.19 bits per heavy atom. The minimum atomic E-state index is -0.367. The number of thiophene rings is 1. The fourth-order valence-corrected chi connectivity index (χ4v) is 4.10. The minimum absolute atomic E-state index is 0.222. The molecule has 1 aliphatic rings. The molecule has 2 aromatic rings. The highest BCUT2D eigenvalue weighted by Crippen LogP contribution is 2.26. The van der Waals surface area contributed by atoms with E-state index in [2.05, 4.69) is 0 Å². The number of imide groups is 1. The normalized spacial score (nSPS) is 13.2. The third-order valence-corrected chi connectivity index (χ3v) is 5.53. The molecule has 0 saturated heterocycles. The van der Waals surface area contributed by atoms with Crippen LogP contribution in [0.25, 0.3) is 0 Å². The number of rotatable bonds is 7. The molecule has 1 aliphatic heterocycles. The summed E-state index contributed by atoms with van der Waals surface area (Å²) in [6.45, 7) is 1.18. The molecule has 27 heavy (non-hydrogen) atoms. The summed E-state index contributed by atoms with van der Waals surface area (Å²) in [5, 5.41) is 0. The van der Waals surface area contributed by atoms with Crippen LogP contribution in [-0.2, 0) is 11.3 Å². The van der Waals surface area contributed by atoms with Crippen molar-refractivity contribution in [2.45, 2.75) is 13.0 Å². The second-order valence-electron chi connectivity index (χ2n) is 6.24. The summed E-state index contributed by atoms with van der Waals surface area (Å²) in [7, 11) is 3.26. The molecule has 0 spiro atoms. The van der Waals surface area contributed by atoms with Gasteiger partial charge >= 0.3 is 0 Å². The number of hydrogen-bond donors (Lipinski definition) is 0. The zero-order valence-corrected chi connectivity index (χ0v) is 16.6. The lowest BCUT2D eigenvalue weighted by Crippen LogP contribution is -2.31. The predicted molar refractivity (Wildman–Crippen MR) is 103 cm³/mol. The molecule has 8 heteroatoms. The largest absolute Gasteiger partial charge is 0.385 e. The van der Waals surface area contributed by atoms with Crippen LogP contribution in [0, 0.1) is 0 Å². The van der Waals surface area contributed by atoms with Crippen LogP contribution in [0.3, 0.4) is 0 Å². The summed E-state index contributed by atoms with van der Waals surface area (Å²) in [6, 6.07) is 8.31. The second-order valence-corrected chi connectivity index (χ2v) is 8.04. The van der Waals surface area contributed by atoms with Crippen molar-refractivity contribution in [3.8, 4) is 0 Å². The van der Waals surface area contributed by atoms with Gasteiger partial charge in [0.05, 0.1) is 22.0 Å². The van der Waals surface area contributed by atoms with Gasteiger partial charge in [0.15, 0.2) is 0 Å². The van der Waals surface area contributed by atoms with Crippen molar-refractivity contribution in [2.75, 3.05) is 27.3 Å². The molecule has 6 nitrogen and oxygen atoms in total. The average molecular weight is 407 g/mol. The van der Waals surface area contributed by atoms with E-state index in [0.717, 1.165) is 4.88 Å². The maximum absolute atomic E-state index is 12.7. The molecule has 0 saturated carbocycles. The summed E-state index contributed by atoms with van der Waals surface area (Å²) in [5.74, 6) is -0.916. The summed E-state index contributed by atoms with van der Waals surface area (Å²) in [4.78, 5) is 41.4. The van der Waals surface area contributed by atoms with E-state index in [1.54, 1.807) is 37.3 Å². The molecule has 0 radical (unpaired) electrons. The van der Waals surface area contributed by atoms with Crippen LogP contribution in [0.15, 0.2) is 30.3 Å².